The molecular formula is C26H22ClNO4. The highest BCUT2D eigenvalue weighted by atomic mass is 35.5. The van der Waals surface area contributed by atoms with Crippen LogP contribution < -0.4 is 14.9 Å². The Morgan fingerprint density at radius 2 is 1.78 bits per heavy atom. The molecule has 0 saturated heterocycles. The van der Waals surface area contributed by atoms with Gasteiger partial charge in [0.1, 0.15) is 29.6 Å². The second kappa shape index (κ2) is 8.34. The van der Waals surface area contributed by atoms with Crippen LogP contribution in [0.1, 0.15) is 16.9 Å². The number of methoxy groups -OCH3 is 1. The molecule has 2 heterocycles. The topological polar surface area (TPSA) is 51.9 Å². The summed E-state index contributed by atoms with van der Waals surface area (Å²) in [5.41, 5.74) is 3.94. The number of nitrogens with zero attached hydrogens (tertiary/aromatic N) is 1. The summed E-state index contributed by atoms with van der Waals surface area (Å²) in [6, 6.07) is 18.9. The zero-order chi connectivity index (χ0) is 22.2. The molecule has 0 bridgehead atoms. The zero-order valence-corrected chi connectivity index (χ0v) is 18.6. The SMILES string of the molecule is COc1ccc(-c2c(C)oc3c4c(ccc3c2=O)OCN(Cc2ccc(Cl)cc2)C4)cc1. The van der Waals surface area contributed by atoms with Gasteiger partial charge < -0.3 is 13.9 Å². The van der Waals surface area contributed by atoms with Crippen LogP contribution >= 0.6 is 11.6 Å². The summed E-state index contributed by atoms with van der Waals surface area (Å²) in [7, 11) is 1.62. The minimum absolute atomic E-state index is 0.0495. The standard InChI is InChI=1S/C26H22ClNO4/c1-16-24(18-5-9-20(30-2)10-6-18)25(29)21-11-12-23-22(26(21)32-16)14-28(15-31-23)13-17-3-7-19(27)8-4-17/h3-12H,13-15H2,1-2H3. The molecule has 1 aromatic heterocycles. The average molecular weight is 448 g/mol. The number of ether oxygens (including phenoxy) is 2. The highest BCUT2D eigenvalue weighted by molar-refractivity contribution is 6.30. The fraction of sp³-hybridized carbons (Fsp3) is 0.192. The smallest absolute Gasteiger partial charge is 0.200 e. The number of aryl methyl sites for hydroxylation is 1. The summed E-state index contributed by atoms with van der Waals surface area (Å²) in [5, 5.41) is 1.27. The first-order chi connectivity index (χ1) is 15.5. The van der Waals surface area contributed by atoms with Gasteiger partial charge in [0, 0.05) is 18.1 Å². The third-order valence-electron chi connectivity index (χ3n) is 5.78. The first-order valence-corrected chi connectivity index (χ1v) is 10.7. The molecule has 0 amide bonds. The van der Waals surface area contributed by atoms with Crippen LogP contribution in [0.3, 0.4) is 0 Å². The van der Waals surface area contributed by atoms with Crippen molar-refractivity contribution in [3.63, 3.8) is 0 Å². The predicted octanol–water partition coefficient (Wildman–Crippen LogP) is 5.78. The van der Waals surface area contributed by atoms with E-state index in [1.165, 1.54) is 0 Å². The summed E-state index contributed by atoms with van der Waals surface area (Å²) < 4.78 is 17.5. The van der Waals surface area contributed by atoms with Gasteiger partial charge in [0.25, 0.3) is 0 Å². The Morgan fingerprint density at radius 1 is 1.03 bits per heavy atom. The molecule has 0 saturated carbocycles. The fourth-order valence-corrected chi connectivity index (χ4v) is 4.29. The van der Waals surface area contributed by atoms with Gasteiger partial charge in [-0.05, 0) is 54.4 Å². The lowest BCUT2D eigenvalue weighted by molar-refractivity contribution is 0.0890. The molecule has 162 valence electrons. The van der Waals surface area contributed by atoms with Gasteiger partial charge in [0.05, 0.1) is 23.6 Å². The van der Waals surface area contributed by atoms with Crippen molar-refractivity contribution in [2.45, 2.75) is 20.0 Å². The quantitative estimate of drug-likeness (QED) is 0.396. The monoisotopic (exact) mass is 447 g/mol. The summed E-state index contributed by atoms with van der Waals surface area (Å²) in [5.74, 6) is 2.07. The second-order valence-corrected chi connectivity index (χ2v) is 8.33. The Kier molecular flexibility index (Phi) is 5.37. The number of rotatable bonds is 4. The molecule has 0 unspecified atom stereocenters. The molecule has 5 nitrogen and oxygen atoms in total. The van der Waals surface area contributed by atoms with Crippen LogP contribution in [0.2, 0.25) is 5.02 Å². The maximum absolute atomic E-state index is 13.4. The molecule has 32 heavy (non-hydrogen) atoms. The van der Waals surface area contributed by atoms with Crippen LogP contribution in [-0.4, -0.2) is 18.7 Å². The summed E-state index contributed by atoms with van der Waals surface area (Å²) in [6.45, 7) is 3.63. The van der Waals surface area contributed by atoms with Crippen molar-refractivity contribution in [2.75, 3.05) is 13.8 Å². The molecular weight excluding hydrogens is 426 g/mol. The predicted molar refractivity (Wildman–Crippen MR) is 125 cm³/mol. The minimum Gasteiger partial charge on any atom is -0.497 e. The van der Waals surface area contributed by atoms with Gasteiger partial charge in [-0.15, -0.1) is 0 Å². The van der Waals surface area contributed by atoms with Gasteiger partial charge in [-0.1, -0.05) is 35.9 Å². The molecule has 0 N–H and O–H groups in total. The molecule has 5 rings (SSSR count). The van der Waals surface area contributed by atoms with Crippen molar-refractivity contribution in [3.8, 4) is 22.6 Å². The number of hydrogen-bond acceptors (Lipinski definition) is 5. The molecule has 0 fully saturated rings. The van der Waals surface area contributed by atoms with E-state index in [9.17, 15) is 4.79 Å². The van der Waals surface area contributed by atoms with E-state index in [2.05, 4.69) is 4.90 Å². The minimum atomic E-state index is -0.0495. The van der Waals surface area contributed by atoms with Crippen LogP contribution in [0.25, 0.3) is 22.1 Å². The van der Waals surface area contributed by atoms with Crippen LogP contribution in [0, 0.1) is 6.92 Å². The molecule has 1 aliphatic heterocycles. The zero-order valence-electron chi connectivity index (χ0n) is 17.9. The van der Waals surface area contributed by atoms with Gasteiger partial charge in [0.15, 0.2) is 0 Å². The van der Waals surface area contributed by atoms with Crippen LogP contribution in [0.15, 0.2) is 69.9 Å². The number of fused-ring (bicyclic) bond motifs is 3. The van der Waals surface area contributed by atoms with Crippen molar-refractivity contribution < 1.29 is 13.9 Å². The van der Waals surface area contributed by atoms with E-state index in [-0.39, 0.29) is 5.43 Å². The average Bonchev–Trinajstić information content (AvgIpc) is 2.81. The van der Waals surface area contributed by atoms with Crippen molar-refractivity contribution in [3.05, 3.63) is 92.8 Å². The van der Waals surface area contributed by atoms with E-state index in [1.54, 1.807) is 13.2 Å². The van der Waals surface area contributed by atoms with Crippen molar-refractivity contribution in [2.24, 2.45) is 0 Å². The Balaban J connectivity index is 1.53. The summed E-state index contributed by atoms with van der Waals surface area (Å²) in [4.78, 5) is 15.6. The van der Waals surface area contributed by atoms with E-state index < -0.39 is 0 Å². The van der Waals surface area contributed by atoms with Gasteiger partial charge in [-0.25, -0.2) is 0 Å². The molecule has 0 atom stereocenters. The third kappa shape index (κ3) is 3.74. The first-order valence-electron chi connectivity index (χ1n) is 10.4. The van der Waals surface area contributed by atoms with Gasteiger partial charge in [-0.2, -0.15) is 0 Å². The highest BCUT2D eigenvalue weighted by Crippen LogP contribution is 2.34. The summed E-state index contributed by atoms with van der Waals surface area (Å²) >= 11 is 6.00. The van der Waals surface area contributed by atoms with Crippen molar-refractivity contribution in [1.29, 1.82) is 0 Å². The van der Waals surface area contributed by atoms with E-state index in [0.717, 1.165) is 28.2 Å². The molecule has 3 aromatic carbocycles. The van der Waals surface area contributed by atoms with Crippen molar-refractivity contribution in [1.82, 2.24) is 4.90 Å². The molecule has 0 aliphatic carbocycles. The normalized spacial score (nSPS) is 13.6. The third-order valence-corrected chi connectivity index (χ3v) is 6.03. The first kappa shape index (κ1) is 20.6. The lowest BCUT2D eigenvalue weighted by atomic mass is 10.0. The Labute approximate surface area is 190 Å². The Morgan fingerprint density at radius 3 is 2.50 bits per heavy atom. The maximum Gasteiger partial charge on any atom is 0.200 e. The van der Waals surface area contributed by atoms with Crippen LogP contribution in [0.5, 0.6) is 11.5 Å². The number of hydrogen-bond donors (Lipinski definition) is 0. The van der Waals surface area contributed by atoms with E-state index >= 15 is 0 Å². The molecule has 0 radical (unpaired) electrons. The van der Waals surface area contributed by atoms with E-state index in [4.69, 9.17) is 25.5 Å². The largest absolute Gasteiger partial charge is 0.497 e. The van der Waals surface area contributed by atoms with E-state index in [0.29, 0.717) is 47.1 Å². The van der Waals surface area contributed by atoms with Crippen LogP contribution in [0.4, 0.5) is 0 Å². The lowest BCUT2D eigenvalue weighted by Crippen LogP contribution is -2.31. The lowest BCUT2D eigenvalue weighted by Gasteiger charge is -2.29. The Bertz CT molecular complexity index is 1340. The molecule has 4 aromatic rings. The number of benzene rings is 3. The van der Waals surface area contributed by atoms with Gasteiger partial charge >= 0.3 is 0 Å². The number of halogens is 1. The maximum atomic E-state index is 13.4. The summed E-state index contributed by atoms with van der Waals surface area (Å²) in [6.07, 6.45) is 0. The highest BCUT2D eigenvalue weighted by Gasteiger charge is 2.24. The van der Waals surface area contributed by atoms with Crippen molar-refractivity contribution >= 4 is 22.6 Å². The van der Waals surface area contributed by atoms with Gasteiger partial charge in [-0.3, -0.25) is 9.69 Å². The second-order valence-electron chi connectivity index (χ2n) is 7.90. The molecule has 0 spiro atoms. The fourth-order valence-electron chi connectivity index (χ4n) is 4.16. The molecule has 1 aliphatic rings. The van der Waals surface area contributed by atoms with Crippen LogP contribution in [-0.2, 0) is 13.1 Å². The molecule has 6 heteroatoms. The van der Waals surface area contributed by atoms with Gasteiger partial charge in [0.2, 0.25) is 5.43 Å². The Hall–Kier alpha value is -3.28. The van der Waals surface area contributed by atoms with E-state index in [1.807, 2.05) is 61.5 Å².